The number of ether oxygens (including phenoxy) is 1. The number of nitrogens with zero attached hydrogens (tertiary/aromatic N) is 1. The summed E-state index contributed by atoms with van der Waals surface area (Å²) in [6.07, 6.45) is -0.00869. The lowest BCUT2D eigenvalue weighted by molar-refractivity contribution is -0.490. The summed E-state index contributed by atoms with van der Waals surface area (Å²) in [4.78, 5) is 45.9. The number of Topliss-reactive ketones (excluding diaryl/α,β-unsaturated/α-hetero) is 1. The zero-order valence-corrected chi connectivity index (χ0v) is 13.8. The fourth-order valence-corrected chi connectivity index (χ4v) is 3.10. The van der Waals surface area contributed by atoms with E-state index in [0.29, 0.717) is 5.69 Å². The maximum Gasteiger partial charge on any atom is 0.307 e. The van der Waals surface area contributed by atoms with Crippen LogP contribution in [0.15, 0.2) is 30.3 Å². The molecule has 1 aliphatic rings. The molecule has 134 valence electrons. The number of carbonyl (C=O) groups is 3. The molecule has 0 heterocycles. The predicted molar refractivity (Wildman–Crippen MR) is 88.3 cm³/mol. The first-order valence-corrected chi connectivity index (χ1v) is 8.02. The average molecular weight is 348 g/mol. The highest BCUT2D eigenvalue weighted by atomic mass is 16.6. The molecule has 0 aliphatic heterocycles. The molecule has 0 radical (unpaired) electrons. The summed E-state index contributed by atoms with van der Waals surface area (Å²) < 4.78 is 4.90. The van der Waals surface area contributed by atoms with Crippen LogP contribution in [0.4, 0.5) is 5.69 Å². The van der Waals surface area contributed by atoms with E-state index in [4.69, 9.17) is 4.74 Å². The summed E-state index contributed by atoms with van der Waals surface area (Å²) >= 11 is 0. The molecule has 0 saturated heterocycles. The van der Waals surface area contributed by atoms with E-state index in [9.17, 15) is 24.5 Å². The molecule has 0 bridgehead atoms. The summed E-state index contributed by atoms with van der Waals surface area (Å²) in [5, 5.41) is 13.3. The second-order valence-electron chi connectivity index (χ2n) is 6.21. The Balaban J connectivity index is 1.83. The highest BCUT2D eigenvalue weighted by Gasteiger charge is 2.44. The molecular formula is C17H20N2O6. The summed E-state index contributed by atoms with van der Waals surface area (Å²) in [6, 6.07) is 8.70. The molecule has 3 atom stereocenters. The van der Waals surface area contributed by atoms with Crippen LogP contribution in [0.25, 0.3) is 0 Å². The van der Waals surface area contributed by atoms with Crippen LogP contribution in [0, 0.1) is 27.9 Å². The van der Waals surface area contributed by atoms with E-state index in [2.05, 4.69) is 5.32 Å². The van der Waals surface area contributed by atoms with Crippen molar-refractivity contribution in [1.29, 1.82) is 0 Å². The summed E-state index contributed by atoms with van der Waals surface area (Å²) in [5.41, 5.74) is 0.578. The monoisotopic (exact) mass is 348 g/mol. The number of para-hydroxylation sites is 1. The largest absolute Gasteiger partial charge is 0.456 e. The predicted octanol–water partition coefficient (Wildman–Crippen LogP) is 1.68. The number of esters is 1. The number of anilines is 1. The molecule has 0 spiro atoms. The number of nitrogens with one attached hydrogen (secondary N) is 1. The Labute approximate surface area is 144 Å². The minimum Gasteiger partial charge on any atom is -0.456 e. The Kier molecular flexibility index (Phi) is 6.21. The van der Waals surface area contributed by atoms with Crippen molar-refractivity contribution < 1.29 is 24.0 Å². The Morgan fingerprint density at radius 3 is 2.64 bits per heavy atom. The van der Waals surface area contributed by atoms with Crippen molar-refractivity contribution in [1.82, 2.24) is 0 Å². The molecule has 8 heteroatoms. The van der Waals surface area contributed by atoms with Crippen LogP contribution in [-0.2, 0) is 19.1 Å². The van der Waals surface area contributed by atoms with Crippen molar-refractivity contribution >= 4 is 23.3 Å². The van der Waals surface area contributed by atoms with Crippen molar-refractivity contribution in [2.45, 2.75) is 19.8 Å². The van der Waals surface area contributed by atoms with Gasteiger partial charge < -0.3 is 10.1 Å². The lowest BCUT2D eigenvalue weighted by atomic mass is 9.88. The topological polar surface area (TPSA) is 116 Å². The van der Waals surface area contributed by atoms with E-state index < -0.39 is 35.2 Å². The zero-order chi connectivity index (χ0) is 18.4. The SMILES string of the molecule is C[C@@H]1CC(=O)[C@@H](CC(=O)OCC(=O)Nc2ccccc2)[C@@H]1C[N+](=O)[O-]. The van der Waals surface area contributed by atoms with Gasteiger partial charge in [-0.3, -0.25) is 24.5 Å². The number of ketones is 1. The van der Waals surface area contributed by atoms with Crippen LogP contribution in [0.3, 0.4) is 0 Å². The van der Waals surface area contributed by atoms with E-state index in [1.807, 2.05) is 0 Å². The van der Waals surface area contributed by atoms with Crippen LogP contribution in [0.5, 0.6) is 0 Å². The minimum absolute atomic E-state index is 0.142. The summed E-state index contributed by atoms with van der Waals surface area (Å²) in [7, 11) is 0. The molecule has 1 aliphatic carbocycles. The van der Waals surface area contributed by atoms with Crippen molar-refractivity contribution in [2.24, 2.45) is 17.8 Å². The van der Waals surface area contributed by atoms with Crippen LogP contribution < -0.4 is 5.32 Å². The molecule has 1 aromatic rings. The van der Waals surface area contributed by atoms with Gasteiger partial charge in [0.25, 0.3) is 5.91 Å². The zero-order valence-electron chi connectivity index (χ0n) is 13.8. The first kappa shape index (κ1) is 18.6. The number of hydrogen-bond acceptors (Lipinski definition) is 6. The van der Waals surface area contributed by atoms with E-state index in [-0.39, 0.29) is 31.1 Å². The van der Waals surface area contributed by atoms with Crippen LogP contribution in [0.2, 0.25) is 0 Å². The third-order valence-electron chi connectivity index (χ3n) is 4.35. The first-order valence-electron chi connectivity index (χ1n) is 8.02. The maximum absolute atomic E-state index is 12.0. The van der Waals surface area contributed by atoms with Crippen LogP contribution in [0.1, 0.15) is 19.8 Å². The van der Waals surface area contributed by atoms with Gasteiger partial charge in [0.15, 0.2) is 6.61 Å². The molecule has 8 nitrogen and oxygen atoms in total. The van der Waals surface area contributed by atoms with Gasteiger partial charge in [-0.15, -0.1) is 0 Å². The van der Waals surface area contributed by atoms with Crippen LogP contribution in [-0.4, -0.2) is 35.7 Å². The standard InChI is InChI=1S/C17H20N2O6/c1-11-7-15(20)13(14(11)9-19(23)24)8-17(22)25-10-16(21)18-12-5-3-2-4-6-12/h2-6,11,13-14H,7-10H2,1H3,(H,18,21)/t11-,13+,14-/m1/s1. The Bertz CT molecular complexity index is 660. The van der Waals surface area contributed by atoms with Gasteiger partial charge in [0, 0.05) is 28.9 Å². The number of hydrogen-bond donors (Lipinski definition) is 1. The van der Waals surface area contributed by atoms with Crippen molar-refractivity contribution in [3.8, 4) is 0 Å². The number of amides is 1. The average Bonchev–Trinajstić information content (AvgIpc) is 2.80. The first-order chi connectivity index (χ1) is 11.9. The van der Waals surface area contributed by atoms with E-state index in [1.165, 1.54) is 0 Å². The van der Waals surface area contributed by atoms with Gasteiger partial charge in [-0.1, -0.05) is 25.1 Å². The number of rotatable bonds is 7. The van der Waals surface area contributed by atoms with Crippen molar-refractivity contribution in [2.75, 3.05) is 18.5 Å². The number of carbonyl (C=O) groups excluding carboxylic acids is 3. The molecular weight excluding hydrogens is 328 g/mol. The third-order valence-corrected chi connectivity index (χ3v) is 4.35. The Morgan fingerprint density at radius 2 is 2.00 bits per heavy atom. The Morgan fingerprint density at radius 1 is 1.32 bits per heavy atom. The lowest BCUT2D eigenvalue weighted by Gasteiger charge is -2.17. The highest BCUT2D eigenvalue weighted by molar-refractivity contribution is 5.93. The normalized spacial score (nSPS) is 22.4. The molecule has 0 aromatic heterocycles. The van der Waals surface area contributed by atoms with Crippen LogP contribution >= 0.6 is 0 Å². The van der Waals surface area contributed by atoms with Gasteiger partial charge in [-0.25, -0.2) is 0 Å². The molecule has 1 saturated carbocycles. The number of nitro groups is 1. The second-order valence-corrected chi connectivity index (χ2v) is 6.21. The molecule has 25 heavy (non-hydrogen) atoms. The molecule has 0 unspecified atom stereocenters. The van der Waals surface area contributed by atoms with Gasteiger partial charge in [-0.05, 0) is 18.1 Å². The lowest BCUT2D eigenvalue weighted by Crippen LogP contribution is -2.28. The van der Waals surface area contributed by atoms with E-state index in [0.717, 1.165) is 0 Å². The summed E-state index contributed by atoms with van der Waals surface area (Å²) in [5.74, 6) is -2.70. The molecule has 1 N–H and O–H groups in total. The van der Waals surface area contributed by atoms with Gasteiger partial charge >= 0.3 is 5.97 Å². The fourth-order valence-electron chi connectivity index (χ4n) is 3.10. The van der Waals surface area contributed by atoms with E-state index >= 15 is 0 Å². The fraction of sp³-hybridized carbons (Fsp3) is 0.471. The maximum atomic E-state index is 12.0. The second kappa shape index (κ2) is 8.36. The quantitative estimate of drug-likeness (QED) is 0.455. The summed E-state index contributed by atoms with van der Waals surface area (Å²) in [6.45, 7) is 0.953. The number of benzene rings is 1. The molecule has 1 amide bonds. The molecule has 2 rings (SSSR count). The van der Waals surface area contributed by atoms with Gasteiger partial charge in [0.2, 0.25) is 6.54 Å². The van der Waals surface area contributed by atoms with Gasteiger partial charge in [0.1, 0.15) is 5.78 Å². The van der Waals surface area contributed by atoms with Crippen molar-refractivity contribution in [3.63, 3.8) is 0 Å². The van der Waals surface area contributed by atoms with Gasteiger partial charge in [0.05, 0.1) is 6.42 Å². The van der Waals surface area contributed by atoms with Gasteiger partial charge in [-0.2, -0.15) is 0 Å². The Hall–Kier alpha value is -2.77. The highest BCUT2D eigenvalue weighted by Crippen LogP contribution is 2.36. The molecule has 1 fully saturated rings. The van der Waals surface area contributed by atoms with Crippen molar-refractivity contribution in [3.05, 3.63) is 40.4 Å². The third kappa shape index (κ3) is 5.37. The minimum atomic E-state index is -0.718. The molecule has 1 aromatic carbocycles. The smallest absolute Gasteiger partial charge is 0.307 e. The van der Waals surface area contributed by atoms with E-state index in [1.54, 1.807) is 37.3 Å².